The van der Waals surface area contributed by atoms with Gasteiger partial charge in [-0.1, -0.05) is 0 Å². The van der Waals surface area contributed by atoms with E-state index in [-0.39, 0.29) is 11.9 Å². The van der Waals surface area contributed by atoms with E-state index in [2.05, 4.69) is 20.2 Å². The van der Waals surface area contributed by atoms with Crippen molar-refractivity contribution in [3.63, 3.8) is 0 Å². The molecular weight excluding hydrogens is 294 g/mol. The monoisotopic (exact) mass is 315 g/mol. The first-order valence-electron chi connectivity index (χ1n) is 7.71. The fraction of sp³-hybridized carbons (Fsp3) is 0.438. The van der Waals surface area contributed by atoms with E-state index >= 15 is 0 Å². The Labute approximate surface area is 135 Å². The zero-order valence-corrected chi connectivity index (χ0v) is 13.4. The Bertz CT molecular complexity index is 656. The number of carbonyl (C=O) groups is 1. The fourth-order valence-electron chi connectivity index (χ4n) is 2.72. The molecule has 122 valence electrons. The molecule has 2 aromatic heterocycles. The molecule has 1 aliphatic rings. The van der Waals surface area contributed by atoms with Crippen molar-refractivity contribution in [1.82, 2.24) is 15.3 Å². The Balaban J connectivity index is 1.66. The van der Waals surface area contributed by atoms with Gasteiger partial charge in [0.25, 0.3) is 5.91 Å². The first-order chi connectivity index (χ1) is 11.1. The van der Waals surface area contributed by atoms with Gasteiger partial charge in [0, 0.05) is 39.3 Å². The molecule has 0 saturated carbocycles. The highest BCUT2D eigenvalue weighted by Gasteiger charge is 2.23. The van der Waals surface area contributed by atoms with E-state index in [1.807, 2.05) is 25.1 Å². The van der Waals surface area contributed by atoms with Gasteiger partial charge in [0.05, 0.1) is 11.8 Å². The van der Waals surface area contributed by atoms with Crippen LogP contribution in [-0.2, 0) is 0 Å². The summed E-state index contributed by atoms with van der Waals surface area (Å²) in [5.74, 6) is 1.67. The summed E-state index contributed by atoms with van der Waals surface area (Å²) in [4.78, 5) is 24.9. The third-order valence-corrected chi connectivity index (χ3v) is 3.96. The van der Waals surface area contributed by atoms with Crippen molar-refractivity contribution in [1.29, 1.82) is 0 Å². The van der Waals surface area contributed by atoms with Crippen molar-refractivity contribution in [3.8, 4) is 0 Å². The van der Waals surface area contributed by atoms with Gasteiger partial charge in [-0.3, -0.25) is 4.79 Å². The molecule has 1 amide bonds. The van der Waals surface area contributed by atoms with Crippen LogP contribution in [-0.4, -0.2) is 49.1 Å². The van der Waals surface area contributed by atoms with Gasteiger partial charge in [0.2, 0.25) is 0 Å². The predicted molar refractivity (Wildman–Crippen MR) is 87.8 cm³/mol. The van der Waals surface area contributed by atoms with Gasteiger partial charge >= 0.3 is 0 Å². The highest BCUT2D eigenvalue weighted by Crippen LogP contribution is 2.20. The molecule has 0 aromatic carbocycles. The summed E-state index contributed by atoms with van der Waals surface area (Å²) in [7, 11) is 3.91. The number of amides is 1. The number of hydrogen-bond acceptors (Lipinski definition) is 6. The van der Waals surface area contributed by atoms with Gasteiger partial charge in [0.15, 0.2) is 0 Å². The second-order valence-electron chi connectivity index (χ2n) is 5.90. The zero-order chi connectivity index (χ0) is 16.2. The van der Waals surface area contributed by atoms with E-state index in [1.54, 1.807) is 12.4 Å². The number of nitrogens with one attached hydrogen (secondary N) is 1. The van der Waals surface area contributed by atoms with Crippen molar-refractivity contribution >= 4 is 17.5 Å². The normalized spacial score (nSPS) is 17.8. The van der Waals surface area contributed by atoms with Crippen LogP contribution in [0.4, 0.5) is 11.6 Å². The molecular formula is C16H21N5O2. The molecule has 1 saturated heterocycles. The van der Waals surface area contributed by atoms with Crippen LogP contribution in [0, 0.1) is 0 Å². The number of furan rings is 1. The second kappa shape index (κ2) is 6.68. The molecule has 0 aliphatic carbocycles. The number of rotatable bonds is 4. The van der Waals surface area contributed by atoms with Crippen LogP contribution in [0.25, 0.3) is 0 Å². The molecule has 1 N–H and O–H groups in total. The molecule has 0 spiro atoms. The summed E-state index contributed by atoms with van der Waals surface area (Å²) in [5, 5.41) is 3.06. The highest BCUT2D eigenvalue weighted by molar-refractivity contribution is 5.94. The molecule has 1 atom stereocenters. The molecule has 0 bridgehead atoms. The topological polar surface area (TPSA) is 74.5 Å². The number of aromatic nitrogens is 2. The second-order valence-corrected chi connectivity index (χ2v) is 5.90. The van der Waals surface area contributed by atoms with Crippen LogP contribution in [0.2, 0.25) is 0 Å². The summed E-state index contributed by atoms with van der Waals surface area (Å²) in [5.41, 5.74) is 0.555. The number of nitrogens with zero attached hydrogens (tertiary/aromatic N) is 4. The van der Waals surface area contributed by atoms with Crippen molar-refractivity contribution in [2.75, 3.05) is 37.0 Å². The largest absolute Gasteiger partial charge is 0.472 e. The molecule has 0 unspecified atom stereocenters. The molecule has 1 fully saturated rings. The van der Waals surface area contributed by atoms with Crippen LogP contribution in [0.3, 0.4) is 0 Å². The summed E-state index contributed by atoms with van der Waals surface area (Å²) in [6, 6.07) is 3.74. The van der Waals surface area contributed by atoms with Crippen molar-refractivity contribution in [3.05, 3.63) is 36.5 Å². The van der Waals surface area contributed by atoms with Crippen LogP contribution in [0.5, 0.6) is 0 Å². The molecule has 3 heterocycles. The first kappa shape index (κ1) is 15.3. The van der Waals surface area contributed by atoms with Crippen molar-refractivity contribution in [2.24, 2.45) is 0 Å². The predicted octanol–water partition coefficient (Wildman–Crippen LogP) is 1.53. The zero-order valence-electron chi connectivity index (χ0n) is 13.4. The summed E-state index contributed by atoms with van der Waals surface area (Å²) in [6.07, 6.45) is 6.52. The lowest BCUT2D eigenvalue weighted by Crippen LogP contribution is -2.48. The van der Waals surface area contributed by atoms with E-state index in [4.69, 9.17) is 4.42 Å². The quantitative estimate of drug-likeness (QED) is 0.922. The molecule has 2 aromatic rings. The van der Waals surface area contributed by atoms with E-state index in [9.17, 15) is 4.79 Å². The van der Waals surface area contributed by atoms with Crippen LogP contribution in [0.15, 0.2) is 35.4 Å². The molecule has 1 aliphatic heterocycles. The molecule has 0 radical (unpaired) electrons. The first-order valence-corrected chi connectivity index (χ1v) is 7.71. The molecule has 7 nitrogen and oxygen atoms in total. The Morgan fingerprint density at radius 2 is 2.30 bits per heavy atom. The Kier molecular flexibility index (Phi) is 4.45. The molecule has 7 heteroatoms. The smallest absolute Gasteiger partial charge is 0.254 e. The Morgan fingerprint density at radius 1 is 1.43 bits per heavy atom. The van der Waals surface area contributed by atoms with Gasteiger partial charge in [-0.15, -0.1) is 0 Å². The van der Waals surface area contributed by atoms with E-state index in [1.165, 1.54) is 12.5 Å². The van der Waals surface area contributed by atoms with Crippen LogP contribution >= 0.6 is 0 Å². The van der Waals surface area contributed by atoms with Crippen molar-refractivity contribution in [2.45, 2.75) is 18.9 Å². The van der Waals surface area contributed by atoms with Gasteiger partial charge < -0.3 is 19.5 Å². The minimum atomic E-state index is -0.0951. The van der Waals surface area contributed by atoms with Gasteiger partial charge in [-0.05, 0) is 18.9 Å². The summed E-state index contributed by atoms with van der Waals surface area (Å²) < 4.78 is 4.96. The van der Waals surface area contributed by atoms with Crippen LogP contribution < -0.4 is 15.1 Å². The van der Waals surface area contributed by atoms with E-state index < -0.39 is 0 Å². The van der Waals surface area contributed by atoms with E-state index in [0.717, 1.165) is 37.6 Å². The Hall–Kier alpha value is -2.57. The number of piperidine rings is 1. The van der Waals surface area contributed by atoms with E-state index in [0.29, 0.717) is 5.56 Å². The number of anilines is 2. The number of hydrogen-bond donors (Lipinski definition) is 1. The lowest BCUT2D eigenvalue weighted by Gasteiger charge is -2.34. The van der Waals surface area contributed by atoms with Crippen LogP contribution in [0.1, 0.15) is 23.2 Å². The lowest BCUT2D eigenvalue weighted by molar-refractivity contribution is 0.0932. The van der Waals surface area contributed by atoms with Gasteiger partial charge in [-0.2, -0.15) is 0 Å². The fourth-order valence-corrected chi connectivity index (χ4v) is 2.72. The third-order valence-electron chi connectivity index (χ3n) is 3.96. The highest BCUT2D eigenvalue weighted by atomic mass is 16.3. The Morgan fingerprint density at radius 3 is 3.04 bits per heavy atom. The average molecular weight is 315 g/mol. The van der Waals surface area contributed by atoms with Gasteiger partial charge in [0.1, 0.15) is 24.2 Å². The standard InChI is InChI=1S/C16H21N5O2/c1-20(2)14-8-15(18-11-17-14)21-6-3-4-13(9-21)19-16(22)12-5-7-23-10-12/h5,7-8,10-11,13H,3-4,6,9H2,1-2H3,(H,19,22)/t13-/m0/s1. The maximum atomic E-state index is 12.1. The summed E-state index contributed by atoms with van der Waals surface area (Å²) >= 11 is 0. The molecule has 23 heavy (non-hydrogen) atoms. The maximum absolute atomic E-state index is 12.1. The lowest BCUT2D eigenvalue weighted by atomic mass is 10.1. The minimum absolute atomic E-state index is 0.0951. The maximum Gasteiger partial charge on any atom is 0.254 e. The van der Waals surface area contributed by atoms with Gasteiger partial charge in [-0.25, -0.2) is 9.97 Å². The summed E-state index contributed by atoms with van der Waals surface area (Å²) in [6.45, 7) is 1.68. The number of carbonyl (C=O) groups excluding carboxylic acids is 1. The average Bonchev–Trinajstić information content (AvgIpc) is 3.10. The third kappa shape index (κ3) is 3.61. The van der Waals surface area contributed by atoms with Crippen molar-refractivity contribution < 1.29 is 9.21 Å². The molecule has 3 rings (SSSR count). The minimum Gasteiger partial charge on any atom is -0.472 e. The SMILES string of the molecule is CN(C)c1cc(N2CCC[C@H](NC(=O)c3ccoc3)C2)ncn1.